The second kappa shape index (κ2) is 9.97. The number of hydrogen-bond acceptors (Lipinski definition) is 2. The molecule has 0 saturated heterocycles. The molecule has 1 aliphatic rings. The first kappa shape index (κ1) is 20.7. The molecule has 3 rings (SSSR count). The third kappa shape index (κ3) is 5.08. The van der Waals surface area contributed by atoms with Gasteiger partial charge in [0.05, 0.1) is 6.61 Å². The van der Waals surface area contributed by atoms with Gasteiger partial charge in [-0.2, -0.15) is 0 Å². The predicted molar refractivity (Wildman–Crippen MR) is 114 cm³/mol. The summed E-state index contributed by atoms with van der Waals surface area (Å²) in [6, 6.07) is 11.6. The Hall–Kier alpha value is -2.00. The van der Waals surface area contributed by atoms with Crippen LogP contribution in [0.3, 0.4) is 0 Å². The Kier molecular flexibility index (Phi) is 7.38. The zero-order valence-corrected chi connectivity index (χ0v) is 17.4. The van der Waals surface area contributed by atoms with E-state index in [1.54, 1.807) is 19.1 Å². The molecular formula is C24H28ClFO2. The van der Waals surface area contributed by atoms with Gasteiger partial charge in [-0.3, -0.25) is 0 Å². The lowest BCUT2D eigenvalue weighted by Crippen LogP contribution is -2.05. The molecular weight excluding hydrogens is 375 g/mol. The Morgan fingerprint density at radius 3 is 2.43 bits per heavy atom. The zero-order chi connectivity index (χ0) is 19.9. The molecule has 0 N–H and O–H groups in total. The molecule has 4 heteroatoms. The van der Waals surface area contributed by atoms with E-state index in [0.29, 0.717) is 19.0 Å². The molecule has 2 aromatic carbocycles. The van der Waals surface area contributed by atoms with Crippen molar-refractivity contribution in [3.05, 3.63) is 64.4 Å². The quantitative estimate of drug-likeness (QED) is 0.456. The third-order valence-electron chi connectivity index (χ3n) is 5.25. The van der Waals surface area contributed by atoms with Crippen LogP contribution in [0.15, 0.2) is 42.5 Å². The first-order chi connectivity index (χ1) is 13.6. The van der Waals surface area contributed by atoms with Crippen molar-refractivity contribution < 1.29 is 13.9 Å². The van der Waals surface area contributed by atoms with Crippen molar-refractivity contribution in [1.82, 2.24) is 0 Å². The second-order valence-electron chi connectivity index (χ2n) is 7.27. The van der Waals surface area contributed by atoms with Crippen molar-refractivity contribution in [2.45, 2.75) is 52.6 Å². The SMILES string of the molecule is CCCC1CC=C(c2ccc(COc3ccc(OCC)c(F)c3Cl)cc2)CC1. The highest BCUT2D eigenvalue weighted by molar-refractivity contribution is 6.32. The van der Waals surface area contributed by atoms with E-state index in [2.05, 4.69) is 37.3 Å². The summed E-state index contributed by atoms with van der Waals surface area (Å²) < 4.78 is 25.1. The van der Waals surface area contributed by atoms with Gasteiger partial charge in [-0.1, -0.05) is 61.7 Å². The van der Waals surface area contributed by atoms with Crippen LogP contribution in [0, 0.1) is 11.7 Å². The Bertz CT molecular complexity index is 814. The van der Waals surface area contributed by atoms with Crippen LogP contribution in [0.2, 0.25) is 5.02 Å². The van der Waals surface area contributed by atoms with Crippen LogP contribution in [0.5, 0.6) is 11.5 Å². The van der Waals surface area contributed by atoms with Gasteiger partial charge < -0.3 is 9.47 Å². The van der Waals surface area contributed by atoms with E-state index in [9.17, 15) is 4.39 Å². The summed E-state index contributed by atoms with van der Waals surface area (Å²) in [6.45, 7) is 4.78. The molecule has 0 heterocycles. The fourth-order valence-electron chi connectivity index (χ4n) is 3.69. The summed E-state index contributed by atoms with van der Waals surface area (Å²) >= 11 is 6.07. The molecule has 1 atom stereocenters. The molecule has 150 valence electrons. The van der Waals surface area contributed by atoms with Gasteiger partial charge in [0.15, 0.2) is 11.6 Å². The summed E-state index contributed by atoms with van der Waals surface area (Å²) in [5.41, 5.74) is 3.75. The molecule has 0 fully saturated rings. The van der Waals surface area contributed by atoms with Crippen LogP contribution in [-0.2, 0) is 6.61 Å². The molecule has 0 aromatic heterocycles. The predicted octanol–water partition coefficient (Wildman–Crippen LogP) is 7.44. The minimum absolute atomic E-state index is 0.0448. The maximum atomic E-state index is 14.2. The molecule has 0 bridgehead atoms. The molecule has 1 unspecified atom stereocenters. The van der Waals surface area contributed by atoms with Crippen LogP contribution in [0.25, 0.3) is 5.57 Å². The van der Waals surface area contributed by atoms with Gasteiger partial charge in [-0.25, -0.2) is 4.39 Å². The number of ether oxygens (including phenoxy) is 2. The van der Waals surface area contributed by atoms with Crippen molar-refractivity contribution in [1.29, 1.82) is 0 Å². The standard InChI is InChI=1S/C24H28ClFO2/c1-3-5-17-6-10-19(11-7-17)20-12-8-18(9-13-20)16-28-21-14-15-22(27-4-2)24(26)23(21)25/h8-10,12-15,17H,3-7,11,16H2,1-2H3. The molecule has 28 heavy (non-hydrogen) atoms. The number of benzene rings is 2. The molecule has 1 aliphatic carbocycles. The van der Waals surface area contributed by atoms with Gasteiger partial charge >= 0.3 is 0 Å². The first-order valence-electron chi connectivity index (χ1n) is 10.1. The van der Waals surface area contributed by atoms with E-state index in [4.69, 9.17) is 21.1 Å². The van der Waals surface area contributed by atoms with E-state index in [1.165, 1.54) is 36.8 Å². The molecule has 0 radical (unpaired) electrons. The van der Waals surface area contributed by atoms with Crippen molar-refractivity contribution in [3.63, 3.8) is 0 Å². The normalized spacial score (nSPS) is 16.6. The van der Waals surface area contributed by atoms with E-state index in [0.717, 1.165) is 17.9 Å². The highest BCUT2D eigenvalue weighted by Crippen LogP contribution is 2.34. The van der Waals surface area contributed by atoms with Gasteiger partial charge in [0.25, 0.3) is 0 Å². The summed E-state index contributed by atoms with van der Waals surface area (Å²) in [5.74, 6) is 0.734. The lowest BCUT2D eigenvalue weighted by Gasteiger charge is -2.21. The van der Waals surface area contributed by atoms with Gasteiger partial charge in [0.1, 0.15) is 17.4 Å². The third-order valence-corrected chi connectivity index (χ3v) is 5.60. The number of halogens is 2. The first-order valence-corrected chi connectivity index (χ1v) is 10.5. The maximum Gasteiger partial charge on any atom is 0.187 e. The highest BCUT2D eigenvalue weighted by atomic mass is 35.5. The Labute approximate surface area is 172 Å². The Morgan fingerprint density at radius 2 is 1.79 bits per heavy atom. The van der Waals surface area contributed by atoms with E-state index in [1.807, 2.05) is 0 Å². The second-order valence-corrected chi connectivity index (χ2v) is 7.64. The van der Waals surface area contributed by atoms with Crippen molar-refractivity contribution in [2.24, 2.45) is 5.92 Å². The fourth-order valence-corrected chi connectivity index (χ4v) is 3.90. The lowest BCUT2D eigenvalue weighted by atomic mass is 9.84. The van der Waals surface area contributed by atoms with E-state index in [-0.39, 0.29) is 10.8 Å². The van der Waals surface area contributed by atoms with Gasteiger partial charge in [0, 0.05) is 0 Å². The lowest BCUT2D eigenvalue weighted by molar-refractivity contribution is 0.297. The summed E-state index contributed by atoms with van der Waals surface area (Å²) in [5, 5.41) is -0.0448. The Morgan fingerprint density at radius 1 is 1.04 bits per heavy atom. The van der Waals surface area contributed by atoms with Crippen LogP contribution in [0.1, 0.15) is 57.1 Å². The zero-order valence-electron chi connectivity index (χ0n) is 16.6. The smallest absolute Gasteiger partial charge is 0.187 e. The minimum atomic E-state index is -0.582. The molecule has 0 aliphatic heterocycles. The van der Waals surface area contributed by atoms with Gasteiger partial charge in [0.2, 0.25) is 0 Å². The summed E-state index contributed by atoms with van der Waals surface area (Å²) in [7, 11) is 0. The van der Waals surface area contributed by atoms with Crippen LogP contribution in [-0.4, -0.2) is 6.61 Å². The van der Waals surface area contributed by atoms with E-state index < -0.39 is 5.82 Å². The monoisotopic (exact) mass is 402 g/mol. The van der Waals surface area contributed by atoms with Crippen LogP contribution < -0.4 is 9.47 Å². The van der Waals surface area contributed by atoms with Crippen molar-refractivity contribution >= 4 is 17.2 Å². The number of rotatable bonds is 8. The molecule has 0 spiro atoms. The number of hydrogen-bond donors (Lipinski definition) is 0. The molecule has 0 saturated carbocycles. The average molecular weight is 403 g/mol. The van der Waals surface area contributed by atoms with Crippen LogP contribution in [0.4, 0.5) is 4.39 Å². The topological polar surface area (TPSA) is 18.5 Å². The number of allylic oxidation sites excluding steroid dienone is 2. The van der Waals surface area contributed by atoms with Gasteiger partial charge in [-0.15, -0.1) is 0 Å². The minimum Gasteiger partial charge on any atom is -0.491 e. The van der Waals surface area contributed by atoms with E-state index >= 15 is 0 Å². The van der Waals surface area contributed by atoms with Crippen LogP contribution >= 0.6 is 11.6 Å². The summed E-state index contributed by atoms with van der Waals surface area (Å²) in [6.07, 6.45) is 8.63. The highest BCUT2D eigenvalue weighted by Gasteiger charge is 2.15. The Balaban J connectivity index is 1.60. The van der Waals surface area contributed by atoms with Gasteiger partial charge in [-0.05, 0) is 60.9 Å². The molecule has 2 nitrogen and oxygen atoms in total. The average Bonchev–Trinajstić information content (AvgIpc) is 2.72. The largest absolute Gasteiger partial charge is 0.491 e. The van der Waals surface area contributed by atoms with Crippen molar-refractivity contribution in [3.8, 4) is 11.5 Å². The van der Waals surface area contributed by atoms with Crippen molar-refractivity contribution in [2.75, 3.05) is 6.61 Å². The maximum absolute atomic E-state index is 14.2. The molecule has 0 amide bonds. The molecule has 2 aromatic rings. The fraction of sp³-hybridized carbons (Fsp3) is 0.417. The summed E-state index contributed by atoms with van der Waals surface area (Å²) in [4.78, 5) is 0.